The van der Waals surface area contributed by atoms with E-state index in [0.717, 1.165) is 28.2 Å². The van der Waals surface area contributed by atoms with Crippen LogP contribution in [0.3, 0.4) is 0 Å². The Bertz CT molecular complexity index is 509. The molecule has 1 aromatic carbocycles. The first-order valence-corrected chi connectivity index (χ1v) is 7.29. The summed E-state index contributed by atoms with van der Waals surface area (Å²) in [6.45, 7) is -1.34. The maximum atomic E-state index is 11.7. The Labute approximate surface area is 145 Å². The quantitative estimate of drug-likeness (QED) is 0.549. The molecule has 0 spiro atoms. The van der Waals surface area contributed by atoms with E-state index < -0.39 is 30.9 Å². The summed E-state index contributed by atoms with van der Waals surface area (Å²) in [5.74, 6) is -2.86. The van der Waals surface area contributed by atoms with E-state index in [-0.39, 0.29) is 6.54 Å². The second-order valence-corrected chi connectivity index (χ2v) is 4.90. The average molecular weight is 460 g/mol. The van der Waals surface area contributed by atoms with Crippen LogP contribution < -0.4 is 5.32 Å². The predicted molar refractivity (Wildman–Crippen MR) is 75.2 cm³/mol. The normalized spacial score (nSPS) is 9.55. The van der Waals surface area contributed by atoms with Crippen molar-refractivity contribution in [2.75, 3.05) is 25.0 Å². The van der Waals surface area contributed by atoms with Crippen LogP contribution in [0.1, 0.15) is 0 Å². The van der Waals surface area contributed by atoms with Gasteiger partial charge in [-0.25, -0.2) is 0 Å². The third kappa shape index (κ3) is 9.45. The zero-order valence-electron chi connectivity index (χ0n) is 11.2. The molecule has 0 atom stereocenters. The van der Waals surface area contributed by atoms with E-state index in [1.165, 1.54) is 0 Å². The molecule has 0 saturated heterocycles. The van der Waals surface area contributed by atoms with Crippen LogP contribution in [-0.4, -0.2) is 52.6 Å². The van der Waals surface area contributed by atoms with Crippen LogP contribution in [0.4, 0.5) is 5.69 Å². The molecule has 0 fully saturated rings. The third-order valence-corrected chi connectivity index (χ3v) is 2.74. The summed E-state index contributed by atoms with van der Waals surface area (Å²) >= 11 is 4.15. The van der Waals surface area contributed by atoms with E-state index in [2.05, 4.69) is 21.2 Å². The molecule has 22 heavy (non-hydrogen) atoms. The number of benzene rings is 1. The molecule has 0 bridgehead atoms. The fourth-order valence-electron chi connectivity index (χ4n) is 1.49. The van der Waals surface area contributed by atoms with Gasteiger partial charge < -0.3 is 15.5 Å². The Kier molecular flexibility index (Phi) is 10.4. The molecular weight excluding hydrogens is 447 g/mol. The van der Waals surface area contributed by atoms with Crippen molar-refractivity contribution in [2.24, 2.45) is 0 Å². The van der Waals surface area contributed by atoms with E-state index in [4.69, 9.17) is 13.7 Å². The molecule has 0 saturated carbocycles. The molecule has 1 rings (SSSR count). The van der Waals surface area contributed by atoms with E-state index in [1.54, 1.807) is 24.3 Å². The number of aliphatic carboxylic acids is 2. The summed E-state index contributed by atoms with van der Waals surface area (Å²) < 4.78 is 9.08. The number of hydrogen-bond donors (Lipinski definition) is 3. The van der Waals surface area contributed by atoms with Gasteiger partial charge in [-0.1, -0.05) is 15.9 Å². The van der Waals surface area contributed by atoms with Gasteiger partial charge in [-0.2, -0.15) is 0 Å². The third-order valence-electron chi connectivity index (χ3n) is 2.21. The minimum absolute atomic E-state index is 0.311. The molecule has 0 aromatic heterocycles. The topological polar surface area (TPSA) is 124 Å². The minimum atomic E-state index is -1.19. The fraction of sp³-hybridized carbons (Fsp3) is 0.250. The first-order valence-electron chi connectivity index (χ1n) is 5.73. The molecule has 0 aliphatic rings. The summed E-state index contributed by atoms with van der Waals surface area (Å²) in [6.07, 6.45) is 0. The van der Waals surface area contributed by atoms with Gasteiger partial charge in [0, 0.05) is 10.2 Å². The standard InChI is InChI=1S/C12H13BrN2O5.O.Tc/c13-8-1-3-9(4-2-8)14-10(16)5-15(6-11(17)18)7-12(19)20;;/h1-4H,5-7H2,(H,14,16)(H,17,18)(H,19,20);;/i;;1+1. The Hall–Kier alpha value is -1.48. The summed E-state index contributed by atoms with van der Waals surface area (Å²) in [7, 11) is 0. The Morgan fingerprint density at radius 2 is 1.45 bits per heavy atom. The molecule has 8 nitrogen and oxygen atoms in total. The van der Waals surface area contributed by atoms with Crippen molar-refractivity contribution in [3.8, 4) is 0 Å². The molecule has 121 valence electrons. The number of halogens is 1. The molecule has 0 aliphatic carbocycles. The molecule has 0 heterocycles. The van der Waals surface area contributed by atoms with Crippen molar-refractivity contribution in [1.29, 1.82) is 0 Å². The van der Waals surface area contributed by atoms with Crippen molar-refractivity contribution in [3.05, 3.63) is 28.7 Å². The summed E-state index contributed by atoms with van der Waals surface area (Å²) in [5, 5.41) is 19.9. The molecule has 10 heteroatoms. The number of carbonyl (C=O) groups excluding carboxylic acids is 1. The number of carboxylic acids is 2. The first-order chi connectivity index (χ1) is 10.4. The molecule has 3 N–H and O–H groups in total. The summed E-state index contributed by atoms with van der Waals surface area (Å²) in [6, 6.07) is 6.81. The molecule has 0 unspecified atom stereocenters. The average Bonchev–Trinajstić information content (AvgIpc) is 2.42. The van der Waals surface area contributed by atoms with Crippen molar-refractivity contribution in [1.82, 2.24) is 4.90 Å². The van der Waals surface area contributed by atoms with Crippen LogP contribution in [0.25, 0.3) is 0 Å². The van der Waals surface area contributed by atoms with Crippen molar-refractivity contribution >= 4 is 39.5 Å². The molecule has 1 amide bonds. The van der Waals surface area contributed by atoms with Crippen LogP contribution >= 0.6 is 15.9 Å². The van der Waals surface area contributed by atoms with Gasteiger partial charge in [0.2, 0.25) is 5.91 Å². The zero-order valence-corrected chi connectivity index (χ0v) is 14.6. The van der Waals surface area contributed by atoms with Gasteiger partial charge in [0.15, 0.2) is 0 Å². The van der Waals surface area contributed by atoms with Gasteiger partial charge in [0.1, 0.15) is 0 Å². The van der Waals surface area contributed by atoms with Crippen molar-refractivity contribution in [3.63, 3.8) is 0 Å². The van der Waals surface area contributed by atoms with Gasteiger partial charge in [-0.05, 0) is 24.3 Å². The first kappa shape index (κ1) is 20.5. The number of nitrogens with zero attached hydrogens (tertiary/aromatic N) is 1. The number of carboxylic acid groups (broad SMARTS) is 2. The van der Waals surface area contributed by atoms with E-state index in [9.17, 15) is 14.4 Å². The van der Waals surface area contributed by atoms with Crippen LogP contribution in [0, 0.1) is 0 Å². The monoisotopic (exact) mass is 459 g/mol. The second kappa shape index (κ2) is 11.1. The van der Waals surface area contributed by atoms with E-state index in [1.807, 2.05) is 0 Å². The molecule has 0 radical (unpaired) electrons. The van der Waals surface area contributed by atoms with Crippen molar-refractivity contribution in [2.45, 2.75) is 0 Å². The number of hydrogen-bond acceptors (Lipinski definition) is 5. The van der Waals surface area contributed by atoms with E-state index in [0.29, 0.717) is 5.69 Å². The van der Waals surface area contributed by atoms with Crippen molar-refractivity contribution < 1.29 is 47.0 Å². The van der Waals surface area contributed by atoms with Crippen LogP contribution in [0.2, 0.25) is 0 Å². The van der Waals surface area contributed by atoms with Crippen LogP contribution in [0.15, 0.2) is 28.7 Å². The summed E-state index contributed by atoms with van der Waals surface area (Å²) in [5.41, 5.74) is 0.545. The number of anilines is 1. The van der Waals surface area contributed by atoms with Crippen LogP contribution in [0.5, 0.6) is 0 Å². The molecule has 0 aliphatic heterocycles. The Morgan fingerprint density at radius 3 is 1.86 bits per heavy atom. The Morgan fingerprint density at radius 1 is 1.00 bits per heavy atom. The van der Waals surface area contributed by atoms with Crippen LogP contribution in [-0.2, 0) is 36.7 Å². The van der Waals surface area contributed by atoms with Gasteiger partial charge in [-0.3, -0.25) is 19.3 Å². The summed E-state index contributed by atoms with van der Waals surface area (Å²) in [4.78, 5) is 33.9. The Balaban J connectivity index is 0.00000211. The van der Waals surface area contributed by atoms with Gasteiger partial charge >= 0.3 is 34.3 Å². The number of amides is 1. The molecule has 1 aromatic rings. The second-order valence-electron chi connectivity index (χ2n) is 3.99. The maximum absolute atomic E-state index is 11.7. The van der Waals surface area contributed by atoms with Gasteiger partial charge in [0.05, 0.1) is 19.6 Å². The fourth-order valence-corrected chi connectivity index (χ4v) is 1.75. The number of carbonyl (C=O) groups is 3. The van der Waals surface area contributed by atoms with E-state index >= 15 is 0 Å². The number of rotatable bonds is 7. The van der Waals surface area contributed by atoms with Gasteiger partial charge in [-0.15, -0.1) is 0 Å². The predicted octanol–water partition coefficient (Wildman–Crippen LogP) is 0.738. The SMILES string of the molecule is O=C(O)CN(CC(=O)O)CC(=O)Nc1ccc(Br)cc1.[O]=[99Tc]. The van der Waals surface area contributed by atoms with Gasteiger partial charge in [0.25, 0.3) is 0 Å². The zero-order chi connectivity index (χ0) is 17.1. The molecular formula is C12H13BrN2O6Tc. The number of nitrogens with one attached hydrogen (secondary N) is 1.